The second-order valence-corrected chi connectivity index (χ2v) is 7.91. The Morgan fingerprint density at radius 1 is 1.10 bits per heavy atom. The molecule has 31 heavy (non-hydrogen) atoms. The van der Waals surface area contributed by atoms with Crippen LogP contribution in [0.3, 0.4) is 0 Å². The van der Waals surface area contributed by atoms with E-state index < -0.39 is 11.7 Å². The molecular weight excluding hydrogens is 409 g/mol. The fourth-order valence-corrected chi connectivity index (χ4v) is 3.70. The van der Waals surface area contributed by atoms with Crippen LogP contribution in [0.5, 0.6) is 0 Å². The van der Waals surface area contributed by atoms with E-state index in [2.05, 4.69) is 22.0 Å². The molecule has 1 fully saturated rings. The van der Waals surface area contributed by atoms with Gasteiger partial charge in [0.15, 0.2) is 5.82 Å². The Morgan fingerprint density at radius 2 is 1.87 bits per heavy atom. The molecule has 9 heteroatoms. The van der Waals surface area contributed by atoms with Crippen LogP contribution in [0.4, 0.5) is 13.2 Å². The van der Waals surface area contributed by atoms with Crippen LogP contribution in [0.25, 0.3) is 0 Å². The minimum absolute atomic E-state index is 0.115. The number of amides is 1. The molecule has 0 aliphatic carbocycles. The van der Waals surface area contributed by atoms with E-state index in [9.17, 15) is 18.0 Å². The number of carbonyl (C=O) groups excluding carboxylic acids is 1. The summed E-state index contributed by atoms with van der Waals surface area (Å²) in [4.78, 5) is 21.0. The number of aromatic nitrogens is 2. The number of alkyl halides is 3. The largest absolute Gasteiger partial charge is 0.416 e. The third-order valence-corrected chi connectivity index (χ3v) is 5.39. The summed E-state index contributed by atoms with van der Waals surface area (Å²) in [6.45, 7) is 5.48. The Kier molecular flexibility index (Phi) is 8.06. The van der Waals surface area contributed by atoms with Gasteiger partial charge in [0.1, 0.15) is 0 Å². The van der Waals surface area contributed by atoms with Gasteiger partial charge in [0.25, 0.3) is 0 Å². The molecule has 170 valence electrons. The second-order valence-electron chi connectivity index (χ2n) is 7.91. The summed E-state index contributed by atoms with van der Waals surface area (Å²) in [5.74, 6) is 1.41. The van der Waals surface area contributed by atoms with Crippen LogP contribution in [-0.4, -0.2) is 52.0 Å². The number of hydrogen-bond donors (Lipinski definition) is 0. The molecule has 0 bridgehead atoms. The molecule has 6 nitrogen and oxygen atoms in total. The van der Waals surface area contributed by atoms with Gasteiger partial charge in [0.05, 0.1) is 5.56 Å². The highest BCUT2D eigenvalue weighted by Gasteiger charge is 2.30. The van der Waals surface area contributed by atoms with Crippen LogP contribution in [0, 0.1) is 0 Å². The molecule has 0 spiro atoms. The first-order valence-electron chi connectivity index (χ1n) is 10.8. The molecule has 1 amide bonds. The summed E-state index contributed by atoms with van der Waals surface area (Å²) >= 11 is 0. The maximum Gasteiger partial charge on any atom is 0.416 e. The van der Waals surface area contributed by atoms with Crippen LogP contribution in [-0.2, 0) is 30.4 Å². The molecule has 3 rings (SSSR count). The molecule has 0 saturated carbocycles. The van der Waals surface area contributed by atoms with E-state index in [0.29, 0.717) is 57.2 Å². The van der Waals surface area contributed by atoms with Gasteiger partial charge in [0, 0.05) is 52.0 Å². The lowest BCUT2D eigenvalue weighted by molar-refractivity contribution is -0.137. The third-order valence-electron chi connectivity index (χ3n) is 5.39. The van der Waals surface area contributed by atoms with Gasteiger partial charge in [-0.25, -0.2) is 0 Å². The summed E-state index contributed by atoms with van der Waals surface area (Å²) in [5, 5.41) is 3.92. The van der Waals surface area contributed by atoms with Crippen LogP contribution < -0.4 is 0 Å². The Balaban J connectivity index is 1.41. The van der Waals surface area contributed by atoms with Crippen molar-refractivity contribution in [2.24, 2.45) is 0 Å². The highest BCUT2D eigenvalue weighted by atomic mass is 19.4. The standard InChI is InChI=1S/C22H29F3N4O2/c1-2-5-19-26-20(31-27-19)6-3-7-21(30)29-13-4-12-28(14-15-29)16-17-8-10-18(11-9-17)22(23,24)25/h8-11H,2-7,12-16H2,1H3. The molecule has 1 aliphatic rings. The monoisotopic (exact) mass is 438 g/mol. The van der Waals surface area contributed by atoms with E-state index >= 15 is 0 Å². The summed E-state index contributed by atoms with van der Waals surface area (Å²) in [6.07, 6.45) is -0.0275. The van der Waals surface area contributed by atoms with Crippen molar-refractivity contribution in [3.8, 4) is 0 Å². The Labute approximate surface area is 180 Å². The van der Waals surface area contributed by atoms with Gasteiger partial charge in [0.2, 0.25) is 11.8 Å². The van der Waals surface area contributed by atoms with Gasteiger partial charge in [-0.05, 0) is 37.0 Å². The van der Waals surface area contributed by atoms with Crippen molar-refractivity contribution in [2.45, 2.75) is 58.2 Å². The molecule has 0 N–H and O–H groups in total. The zero-order chi connectivity index (χ0) is 22.3. The molecule has 2 aromatic rings. The highest BCUT2D eigenvalue weighted by Crippen LogP contribution is 2.29. The molecule has 1 aromatic carbocycles. The maximum atomic E-state index is 12.7. The number of carbonyl (C=O) groups is 1. The first kappa shape index (κ1) is 23.2. The predicted molar refractivity (Wildman–Crippen MR) is 109 cm³/mol. The summed E-state index contributed by atoms with van der Waals surface area (Å²) in [6, 6.07) is 5.30. The van der Waals surface area contributed by atoms with Gasteiger partial charge in [-0.3, -0.25) is 9.69 Å². The second kappa shape index (κ2) is 10.7. The molecule has 0 radical (unpaired) electrons. The van der Waals surface area contributed by atoms with Crippen LogP contribution >= 0.6 is 0 Å². The fourth-order valence-electron chi connectivity index (χ4n) is 3.70. The number of nitrogens with zero attached hydrogens (tertiary/aromatic N) is 4. The van der Waals surface area contributed by atoms with E-state index in [1.807, 2.05) is 4.90 Å². The Hall–Kier alpha value is -2.42. The summed E-state index contributed by atoms with van der Waals surface area (Å²) in [7, 11) is 0. The van der Waals surface area contributed by atoms with E-state index in [4.69, 9.17) is 4.52 Å². The van der Waals surface area contributed by atoms with Crippen LogP contribution in [0.2, 0.25) is 0 Å². The fraction of sp³-hybridized carbons (Fsp3) is 0.591. The topological polar surface area (TPSA) is 62.5 Å². The van der Waals surface area contributed by atoms with Gasteiger partial charge in [-0.15, -0.1) is 0 Å². The molecule has 1 saturated heterocycles. The van der Waals surface area contributed by atoms with Crippen LogP contribution in [0.1, 0.15) is 55.4 Å². The van der Waals surface area contributed by atoms with Gasteiger partial charge < -0.3 is 9.42 Å². The van der Waals surface area contributed by atoms with Gasteiger partial charge >= 0.3 is 6.18 Å². The molecule has 2 heterocycles. The van der Waals surface area contributed by atoms with E-state index in [-0.39, 0.29) is 5.91 Å². The quantitative estimate of drug-likeness (QED) is 0.621. The SMILES string of the molecule is CCCc1noc(CCCC(=O)N2CCCN(Cc3ccc(C(F)(F)F)cc3)CC2)n1. The van der Waals surface area contributed by atoms with E-state index in [1.165, 1.54) is 12.1 Å². The maximum absolute atomic E-state index is 12.7. The first-order valence-corrected chi connectivity index (χ1v) is 10.8. The first-order chi connectivity index (χ1) is 14.8. The van der Waals surface area contributed by atoms with Crippen molar-refractivity contribution >= 4 is 5.91 Å². The zero-order valence-electron chi connectivity index (χ0n) is 17.8. The van der Waals surface area contributed by atoms with E-state index in [0.717, 1.165) is 43.5 Å². The molecule has 0 atom stereocenters. The molecule has 1 aliphatic heterocycles. The van der Waals surface area contributed by atoms with Crippen molar-refractivity contribution in [3.05, 3.63) is 47.1 Å². The number of aryl methyl sites for hydroxylation is 2. The zero-order valence-corrected chi connectivity index (χ0v) is 17.8. The van der Waals surface area contributed by atoms with Gasteiger partial charge in [-0.2, -0.15) is 18.2 Å². The Morgan fingerprint density at radius 3 is 2.58 bits per heavy atom. The average molecular weight is 438 g/mol. The minimum Gasteiger partial charge on any atom is -0.341 e. The molecular formula is C22H29F3N4O2. The van der Waals surface area contributed by atoms with Crippen molar-refractivity contribution in [1.29, 1.82) is 0 Å². The lowest BCUT2D eigenvalue weighted by Crippen LogP contribution is -2.35. The molecule has 0 unspecified atom stereocenters. The summed E-state index contributed by atoms with van der Waals surface area (Å²) in [5.41, 5.74) is 0.209. The minimum atomic E-state index is -4.32. The predicted octanol–water partition coefficient (Wildman–Crippen LogP) is 4.10. The number of hydrogen-bond acceptors (Lipinski definition) is 5. The average Bonchev–Trinajstić information content (AvgIpc) is 3.04. The number of halogens is 3. The smallest absolute Gasteiger partial charge is 0.341 e. The number of rotatable bonds is 8. The summed E-state index contributed by atoms with van der Waals surface area (Å²) < 4.78 is 43.3. The van der Waals surface area contributed by atoms with E-state index in [1.54, 1.807) is 0 Å². The van der Waals surface area contributed by atoms with Crippen molar-refractivity contribution in [1.82, 2.24) is 19.9 Å². The highest BCUT2D eigenvalue weighted by molar-refractivity contribution is 5.76. The lowest BCUT2D eigenvalue weighted by atomic mass is 10.1. The normalized spacial score (nSPS) is 15.8. The van der Waals surface area contributed by atoms with Crippen molar-refractivity contribution in [2.75, 3.05) is 26.2 Å². The lowest BCUT2D eigenvalue weighted by Gasteiger charge is -2.22. The Bertz CT molecular complexity index is 836. The van der Waals surface area contributed by atoms with Crippen LogP contribution in [0.15, 0.2) is 28.8 Å². The van der Waals surface area contributed by atoms with Gasteiger partial charge in [-0.1, -0.05) is 24.2 Å². The van der Waals surface area contributed by atoms with Crippen molar-refractivity contribution in [3.63, 3.8) is 0 Å². The number of benzene rings is 1. The molecule has 1 aromatic heterocycles. The van der Waals surface area contributed by atoms with Crippen molar-refractivity contribution < 1.29 is 22.5 Å². The third kappa shape index (κ3) is 7.05.